The topological polar surface area (TPSA) is 71.5 Å². The Morgan fingerprint density at radius 1 is 1.04 bits per heavy atom. The number of hydrogen-bond donors (Lipinski definition) is 1. The normalized spacial score (nSPS) is 11.0. The van der Waals surface area contributed by atoms with E-state index in [-0.39, 0.29) is 5.43 Å². The third-order valence-electron chi connectivity index (χ3n) is 3.70. The van der Waals surface area contributed by atoms with E-state index < -0.39 is 0 Å². The van der Waals surface area contributed by atoms with Crippen LogP contribution in [0.4, 0.5) is 0 Å². The molecule has 0 bridgehead atoms. The van der Waals surface area contributed by atoms with Crippen LogP contribution in [-0.2, 0) is 6.42 Å². The zero-order chi connectivity index (χ0) is 15.6. The summed E-state index contributed by atoms with van der Waals surface area (Å²) < 4.78 is 1.02. The third kappa shape index (κ3) is 2.64. The van der Waals surface area contributed by atoms with Crippen molar-refractivity contribution >= 4 is 21.4 Å². The van der Waals surface area contributed by atoms with Crippen molar-refractivity contribution in [1.29, 1.82) is 0 Å². The van der Waals surface area contributed by atoms with Crippen LogP contribution in [0.1, 0.15) is 11.1 Å². The van der Waals surface area contributed by atoms with E-state index in [2.05, 4.69) is 20.6 Å². The van der Waals surface area contributed by atoms with Crippen molar-refractivity contribution in [3.63, 3.8) is 0 Å². The number of tetrazole rings is 1. The van der Waals surface area contributed by atoms with Gasteiger partial charge in [-0.1, -0.05) is 36.4 Å². The fourth-order valence-electron chi connectivity index (χ4n) is 2.52. The van der Waals surface area contributed by atoms with Crippen LogP contribution in [-0.4, -0.2) is 20.6 Å². The fraction of sp³-hybridized carbons (Fsp3) is 0.0588. The Kier molecular flexibility index (Phi) is 3.44. The summed E-state index contributed by atoms with van der Waals surface area (Å²) in [5.41, 5.74) is 2.91. The van der Waals surface area contributed by atoms with Gasteiger partial charge in [0.25, 0.3) is 0 Å². The van der Waals surface area contributed by atoms with Crippen molar-refractivity contribution < 1.29 is 0 Å². The van der Waals surface area contributed by atoms with E-state index in [9.17, 15) is 4.79 Å². The number of aromatic amines is 1. The second-order valence-corrected chi connectivity index (χ2v) is 6.11. The van der Waals surface area contributed by atoms with Gasteiger partial charge in [0.15, 0.2) is 5.43 Å². The molecule has 1 N–H and O–H groups in total. The minimum absolute atomic E-state index is 0.113. The van der Waals surface area contributed by atoms with Gasteiger partial charge in [-0.25, -0.2) is 0 Å². The molecule has 2 aromatic carbocycles. The molecule has 4 aromatic rings. The second kappa shape index (κ2) is 5.73. The van der Waals surface area contributed by atoms with Crippen LogP contribution in [0.25, 0.3) is 21.5 Å². The van der Waals surface area contributed by atoms with Crippen molar-refractivity contribution in [2.75, 3.05) is 0 Å². The van der Waals surface area contributed by atoms with E-state index in [4.69, 9.17) is 0 Å². The molecule has 0 radical (unpaired) electrons. The minimum atomic E-state index is 0.113. The van der Waals surface area contributed by atoms with Crippen LogP contribution in [0.2, 0.25) is 0 Å². The lowest BCUT2D eigenvalue weighted by Gasteiger charge is -2.04. The lowest BCUT2D eigenvalue weighted by atomic mass is 10.0. The number of benzene rings is 2. The first-order valence-electron chi connectivity index (χ1n) is 7.13. The third-order valence-corrected chi connectivity index (χ3v) is 4.72. The van der Waals surface area contributed by atoms with Crippen molar-refractivity contribution in [2.45, 2.75) is 6.42 Å². The van der Waals surface area contributed by atoms with Crippen molar-refractivity contribution in [2.24, 2.45) is 0 Å². The van der Waals surface area contributed by atoms with Gasteiger partial charge in [0, 0.05) is 27.6 Å². The molecule has 5 nitrogen and oxygen atoms in total. The van der Waals surface area contributed by atoms with Gasteiger partial charge in [-0.05, 0) is 28.3 Å². The predicted molar refractivity (Wildman–Crippen MR) is 90.5 cm³/mol. The van der Waals surface area contributed by atoms with Crippen LogP contribution < -0.4 is 5.43 Å². The van der Waals surface area contributed by atoms with Crippen molar-refractivity contribution in [3.05, 3.63) is 75.3 Å². The maximum atomic E-state index is 12.6. The largest absolute Gasteiger partial charge is 0.289 e. The fourth-order valence-corrected chi connectivity index (χ4v) is 3.42. The van der Waals surface area contributed by atoms with E-state index in [0.717, 1.165) is 26.8 Å². The van der Waals surface area contributed by atoms with Crippen molar-refractivity contribution in [3.8, 4) is 11.4 Å². The average molecular weight is 320 g/mol. The lowest BCUT2D eigenvalue weighted by Crippen LogP contribution is -2.08. The number of nitrogens with one attached hydrogen (secondary N) is 1. The van der Waals surface area contributed by atoms with Crippen LogP contribution in [0.5, 0.6) is 0 Å². The summed E-state index contributed by atoms with van der Waals surface area (Å²) >= 11 is 1.61. The summed E-state index contributed by atoms with van der Waals surface area (Å²) in [5, 5.41) is 16.6. The molecule has 0 atom stereocenters. The van der Waals surface area contributed by atoms with Gasteiger partial charge in [0.05, 0.1) is 0 Å². The Balaban J connectivity index is 1.66. The molecule has 2 aromatic heterocycles. The minimum Gasteiger partial charge on any atom is -0.289 e. The van der Waals surface area contributed by atoms with Gasteiger partial charge in [-0.15, -0.1) is 21.5 Å². The quantitative estimate of drug-likeness (QED) is 0.630. The lowest BCUT2D eigenvalue weighted by molar-refractivity contribution is 0.881. The Labute approximate surface area is 135 Å². The predicted octanol–water partition coefficient (Wildman–Crippen LogP) is 3.03. The summed E-state index contributed by atoms with van der Waals surface area (Å²) in [6.45, 7) is 0. The van der Waals surface area contributed by atoms with Crippen LogP contribution in [0, 0.1) is 0 Å². The number of aromatic nitrogens is 4. The van der Waals surface area contributed by atoms with Crippen molar-refractivity contribution in [1.82, 2.24) is 20.6 Å². The van der Waals surface area contributed by atoms with Crippen LogP contribution in [0.15, 0.2) is 58.7 Å². The van der Waals surface area contributed by atoms with Gasteiger partial charge in [0.1, 0.15) is 0 Å². The monoisotopic (exact) mass is 320 g/mol. The molecule has 112 valence electrons. The van der Waals surface area contributed by atoms with Crippen LogP contribution >= 0.6 is 11.3 Å². The first-order valence-corrected chi connectivity index (χ1v) is 8.01. The SMILES string of the molecule is O=c1c(Cc2ccc(-c3nn[nH]n3)cc2)csc2ccccc12. The highest BCUT2D eigenvalue weighted by Gasteiger charge is 2.07. The Hall–Kier alpha value is -2.86. The van der Waals surface area contributed by atoms with Gasteiger partial charge in [-0.3, -0.25) is 4.79 Å². The Morgan fingerprint density at radius 3 is 2.65 bits per heavy atom. The van der Waals surface area contributed by atoms with E-state index in [0.29, 0.717) is 12.2 Å². The van der Waals surface area contributed by atoms with E-state index >= 15 is 0 Å². The molecule has 0 spiro atoms. The van der Waals surface area contributed by atoms with Crippen LogP contribution in [0.3, 0.4) is 0 Å². The molecule has 0 aliphatic rings. The van der Waals surface area contributed by atoms with Gasteiger partial charge >= 0.3 is 0 Å². The maximum Gasteiger partial charge on any atom is 0.204 e. The summed E-state index contributed by atoms with van der Waals surface area (Å²) in [4.78, 5) is 12.6. The maximum absolute atomic E-state index is 12.6. The van der Waals surface area contributed by atoms with Gasteiger partial charge in [-0.2, -0.15) is 5.21 Å². The Morgan fingerprint density at radius 2 is 1.87 bits per heavy atom. The van der Waals surface area contributed by atoms with Gasteiger partial charge in [0.2, 0.25) is 5.82 Å². The molecule has 0 saturated heterocycles. The summed E-state index contributed by atoms with van der Waals surface area (Å²) in [7, 11) is 0. The van der Waals surface area contributed by atoms with E-state index in [1.165, 1.54) is 0 Å². The zero-order valence-corrected chi connectivity index (χ0v) is 12.9. The van der Waals surface area contributed by atoms with E-state index in [1.54, 1.807) is 11.3 Å². The molecule has 6 heteroatoms. The summed E-state index contributed by atoms with van der Waals surface area (Å²) in [5.74, 6) is 0.564. The highest BCUT2D eigenvalue weighted by atomic mass is 32.1. The number of fused-ring (bicyclic) bond motifs is 1. The highest BCUT2D eigenvalue weighted by Crippen LogP contribution is 2.19. The van der Waals surface area contributed by atoms with E-state index in [1.807, 2.05) is 53.9 Å². The summed E-state index contributed by atoms with van der Waals surface area (Å²) in [6, 6.07) is 15.6. The molecule has 0 unspecified atom stereocenters. The molecule has 0 saturated carbocycles. The molecule has 0 amide bonds. The molecule has 0 aliphatic heterocycles. The standard InChI is InChI=1S/C17H12N4OS/c22-16-13(10-23-15-4-2-1-3-14(15)16)9-11-5-7-12(8-6-11)17-18-20-21-19-17/h1-8,10H,9H2,(H,18,19,20,21). The molecular weight excluding hydrogens is 308 g/mol. The number of H-pyrrole nitrogens is 1. The second-order valence-electron chi connectivity index (χ2n) is 5.20. The molecule has 0 fully saturated rings. The number of rotatable bonds is 3. The first-order chi connectivity index (χ1) is 11.3. The Bertz CT molecular complexity index is 1010. The molecule has 0 aliphatic carbocycles. The highest BCUT2D eigenvalue weighted by molar-refractivity contribution is 7.16. The smallest absolute Gasteiger partial charge is 0.204 e. The first kappa shape index (κ1) is 13.8. The molecule has 2 heterocycles. The average Bonchev–Trinajstić information content (AvgIpc) is 3.13. The molecule has 23 heavy (non-hydrogen) atoms. The number of hydrogen-bond acceptors (Lipinski definition) is 5. The zero-order valence-electron chi connectivity index (χ0n) is 12.1. The number of nitrogens with zero attached hydrogens (tertiary/aromatic N) is 3. The molecule has 4 rings (SSSR count). The molecular formula is C17H12N4OS. The van der Waals surface area contributed by atoms with Gasteiger partial charge < -0.3 is 0 Å². The summed E-state index contributed by atoms with van der Waals surface area (Å²) in [6.07, 6.45) is 0.618.